The molecule has 1 heterocycles. The summed E-state index contributed by atoms with van der Waals surface area (Å²) in [6.45, 7) is 4.52. The monoisotopic (exact) mass is 273 g/mol. The van der Waals surface area contributed by atoms with Crippen molar-refractivity contribution in [1.29, 1.82) is 0 Å². The van der Waals surface area contributed by atoms with Gasteiger partial charge < -0.3 is 5.32 Å². The number of aromatic amines is 1. The molecule has 6 heteroatoms. The van der Waals surface area contributed by atoms with E-state index in [0.717, 1.165) is 12.0 Å². The Morgan fingerprint density at radius 3 is 2.65 bits per heavy atom. The number of nitrogens with one attached hydrogen (secondary N) is 2. The van der Waals surface area contributed by atoms with Crippen molar-refractivity contribution >= 4 is 5.91 Å². The zero-order chi connectivity index (χ0) is 14.4. The smallest absolute Gasteiger partial charge is 0.227 e. The van der Waals surface area contributed by atoms with E-state index in [9.17, 15) is 4.79 Å². The number of benzene rings is 1. The number of H-pyrrole nitrogens is 1. The van der Waals surface area contributed by atoms with Crippen LogP contribution in [0.2, 0.25) is 0 Å². The number of nitrogens with zero attached hydrogens (tertiary/aromatic N) is 3. The van der Waals surface area contributed by atoms with Gasteiger partial charge in [-0.05, 0) is 17.9 Å². The van der Waals surface area contributed by atoms with Crippen molar-refractivity contribution in [3.8, 4) is 0 Å². The van der Waals surface area contributed by atoms with E-state index in [1.54, 1.807) is 0 Å². The highest BCUT2D eigenvalue weighted by molar-refractivity contribution is 5.83. The number of amides is 1. The van der Waals surface area contributed by atoms with Gasteiger partial charge in [-0.3, -0.25) is 4.79 Å². The van der Waals surface area contributed by atoms with Gasteiger partial charge >= 0.3 is 0 Å². The van der Waals surface area contributed by atoms with E-state index in [-0.39, 0.29) is 18.4 Å². The lowest BCUT2D eigenvalue weighted by molar-refractivity contribution is -0.123. The first-order valence-corrected chi connectivity index (χ1v) is 6.71. The second kappa shape index (κ2) is 6.79. The third kappa shape index (κ3) is 3.88. The Bertz CT molecular complexity index is 524. The first kappa shape index (κ1) is 14.2. The predicted octanol–water partition coefficient (Wildman–Crippen LogP) is 1.65. The molecular weight excluding hydrogens is 254 g/mol. The summed E-state index contributed by atoms with van der Waals surface area (Å²) >= 11 is 0. The van der Waals surface area contributed by atoms with Gasteiger partial charge in [-0.2, -0.15) is 5.21 Å². The summed E-state index contributed by atoms with van der Waals surface area (Å²) in [7, 11) is 0. The number of hydrogen-bond acceptors (Lipinski definition) is 4. The maximum Gasteiger partial charge on any atom is 0.227 e. The summed E-state index contributed by atoms with van der Waals surface area (Å²) in [5.41, 5.74) is 1.03. The highest BCUT2D eigenvalue weighted by Gasteiger charge is 2.21. The summed E-state index contributed by atoms with van der Waals surface area (Å²) in [6, 6.07) is 9.83. The van der Waals surface area contributed by atoms with Gasteiger partial charge in [0.25, 0.3) is 0 Å². The Kier molecular flexibility index (Phi) is 4.81. The molecule has 2 rings (SSSR count). The second-order valence-electron chi connectivity index (χ2n) is 5.14. The summed E-state index contributed by atoms with van der Waals surface area (Å²) < 4.78 is 0. The zero-order valence-corrected chi connectivity index (χ0v) is 11.7. The van der Waals surface area contributed by atoms with Crippen molar-refractivity contribution in [2.45, 2.75) is 32.7 Å². The second-order valence-corrected chi connectivity index (χ2v) is 5.14. The van der Waals surface area contributed by atoms with Crippen molar-refractivity contribution in [1.82, 2.24) is 25.9 Å². The fourth-order valence-corrected chi connectivity index (χ4v) is 2.10. The Balaban J connectivity index is 2.04. The van der Waals surface area contributed by atoms with E-state index in [1.807, 2.05) is 30.3 Å². The van der Waals surface area contributed by atoms with Crippen LogP contribution in [0, 0.1) is 5.92 Å². The number of carbonyl (C=O) groups is 1. The zero-order valence-electron chi connectivity index (χ0n) is 11.7. The molecule has 0 saturated heterocycles. The molecule has 0 aliphatic rings. The number of tetrazole rings is 1. The van der Waals surface area contributed by atoms with Crippen LogP contribution in [-0.4, -0.2) is 26.5 Å². The molecule has 2 N–H and O–H groups in total. The molecular formula is C14H19N5O. The van der Waals surface area contributed by atoms with Gasteiger partial charge in [0.2, 0.25) is 5.91 Å². The minimum absolute atomic E-state index is 0.00491. The lowest BCUT2D eigenvalue weighted by atomic mass is 9.89. The molecule has 0 aliphatic carbocycles. The van der Waals surface area contributed by atoms with Gasteiger partial charge in [0, 0.05) is 0 Å². The normalized spacial score (nSPS) is 12.3. The largest absolute Gasteiger partial charge is 0.348 e. The van der Waals surface area contributed by atoms with Crippen LogP contribution in [-0.2, 0) is 11.3 Å². The van der Waals surface area contributed by atoms with E-state index >= 15 is 0 Å². The molecule has 0 radical (unpaired) electrons. The van der Waals surface area contributed by atoms with Crippen molar-refractivity contribution in [2.24, 2.45) is 5.92 Å². The SMILES string of the molecule is CC(C)CC(C(=O)NCc1nn[nH]n1)c1ccccc1. The summed E-state index contributed by atoms with van der Waals surface area (Å²) in [5, 5.41) is 16.3. The van der Waals surface area contributed by atoms with Gasteiger partial charge in [0.15, 0.2) is 5.82 Å². The van der Waals surface area contributed by atoms with Crippen LogP contribution >= 0.6 is 0 Å². The number of hydrogen-bond donors (Lipinski definition) is 2. The molecule has 20 heavy (non-hydrogen) atoms. The first-order chi connectivity index (χ1) is 9.66. The number of aromatic nitrogens is 4. The highest BCUT2D eigenvalue weighted by Crippen LogP contribution is 2.23. The van der Waals surface area contributed by atoms with E-state index < -0.39 is 0 Å². The van der Waals surface area contributed by atoms with Crippen molar-refractivity contribution < 1.29 is 4.79 Å². The minimum atomic E-state index is -0.150. The Hall–Kier alpha value is -2.24. The molecule has 1 unspecified atom stereocenters. The van der Waals surface area contributed by atoms with Crippen LogP contribution in [0.15, 0.2) is 30.3 Å². The average molecular weight is 273 g/mol. The van der Waals surface area contributed by atoms with Crippen LogP contribution in [0.1, 0.15) is 37.6 Å². The molecule has 1 amide bonds. The van der Waals surface area contributed by atoms with Crippen LogP contribution in [0.3, 0.4) is 0 Å². The predicted molar refractivity (Wildman–Crippen MR) is 74.7 cm³/mol. The maximum absolute atomic E-state index is 12.4. The molecule has 2 aromatic rings. The van der Waals surface area contributed by atoms with Gasteiger partial charge in [0.1, 0.15) is 0 Å². The van der Waals surface area contributed by atoms with Gasteiger partial charge in [0.05, 0.1) is 12.5 Å². The van der Waals surface area contributed by atoms with Crippen molar-refractivity contribution in [3.05, 3.63) is 41.7 Å². The first-order valence-electron chi connectivity index (χ1n) is 6.71. The lowest BCUT2D eigenvalue weighted by Crippen LogP contribution is -2.30. The molecule has 0 aliphatic heterocycles. The fraction of sp³-hybridized carbons (Fsp3) is 0.429. The standard InChI is InChI=1S/C14H19N5O/c1-10(2)8-12(11-6-4-3-5-7-11)14(20)15-9-13-16-18-19-17-13/h3-7,10,12H,8-9H2,1-2H3,(H,15,20)(H,16,17,18,19). The Morgan fingerprint density at radius 1 is 1.30 bits per heavy atom. The fourth-order valence-electron chi connectivity index (χ4n) is 2.10. The van der Waals surface area contributed by atoms with E-state index in [2.05, 4.69) is 39.8 Å². The van der Waals surface area contributed by atoms with Crippen LogP contribution < -0.4 is 5.32 Å². The van der Waals surface area contributed by atoms with Crippen LogP contribution in [0.5, 0.6) is 0 Å². The summed E-state index contributed by atoms with van der Waals surface area (Å²) in [4.78, 5) is 12.4. The lowest BCUT2D eigenvalue weighted by Gasteiger charge is -2.18. The van der Waals surface area contributed by atoms with Crippen LogP contribution in [0.25, 0.3) is 0 Å². The van der Waals surface area contributed by atoms with E-state index in [1.165, 1.54) is 0 Å². The van der Waals surface area contributed by atoms with E-state index in [4.69, 9.17) is 0 Å². The topological polar surface area (TPSA) is 83.6 Å². The van der Waals surface area contributed by atoms with Gasteiger partial charge in [-0.15, -0.1) is 10.2 Å². The van der Waals surface area contributed by atoms with Crippen molar-refractivity contribution in [3.63, 3.8) is 0 Å². The number of carbonyl (C=O) groups excluding carboxylic acids is 1. The maximum atomic E-state index is 12.4. The molecule has 0 bridgehead atoms. The third-order valence-corrected chi connectivity index (χ3v) is 3.04. The van der Waals surface area contributed by atoms with Gasteiger partial charge in [-0.1, -0.05) is 49.4 Å². The van der Waals surface area contributed by atoms with E-state index in [0.29, 0.717) is 11.7 Å². The molecule has 0 fully saturated rings. The minimum Gasteiger partial charge on any atom is -0.348 e. The Labute approximate surface area is 118 Å². The quantitative estimate of drug-likeness (QED) is 0.838. The van der Waals surface area contributed by atoms with Gasteiger partial charge in [-0.25, -0.2) is 0 Å². The molecule has 6 nitrogen and oxygen atoms in total. The molecule has 1 aromatic heterocycles. The summed E-state index contributed by atoms with van der Waals surface area (Å²) in [5.74, 6) is 0.767. The molecule has 1 aromatic carbocycles. The average Bonchev–Trinajstić information content (AvgIpc) is 2.96. The van der Waals surface area contributed by atoms with Crippen LogP contribution in [0.4, 0.5) is 0 Å². The highest BCUT2D eigenvalue weighted by atomic mass is 16.1. The molecule has 0 saturated carbocycles. The molecule has 0 spiro atoms. The number of rotatable bonds is 6. The summed E-state index contributed by atoms with van der Waals surface area (Å²) in [6.07, 6.45) is 0.808. The third-order valence-electron chi connectivity index (χ3n) is 3.04. The molecule has 106 valence electrons. The Morgan fingerprint density at radius 2 is 2.05 bits per heavy atom. The van der Waals surface area contributed by atoms with Crippen molar-refractivity contribution in [2.75, 3.05) is 0 Å². The molecule has 1 atom stereocenters.